The Labute approximate surface area is 475 Å². The number of rotatable bonds is 12. The lowest BCUT2D eigenvalue weighted by Crippen LogP contribution is -2.38. The molecule has 10 rings (SSSR count). The first kappa shape index (κ1) is 55.6. The summed E-state index contributed by atoms with van der Waals surface area (Å²) in [6.07, 6.45) is 13.3. The minimum atomic E-state index is -0.444. The van der Waals surface area contributed by atoms with E-state index in [1.165, 1.54) is 0 Å². The predicted octanol–water partition coefficient (Wildman–Crippen LogP) is 13.7. The molecule has 81 heavy (non-hydrogen) atoms. The summed E-state index contributed by atoms with van der Waals surface area (Å²) in [6, 6.07) is 23.1. The number of carbonyl (C=O) groups excluding carboxylic acids is 3. The molecule has 4 aromatic rings. The van der Waals surface area contributed by atoms with E-state index in [0.717, 1.165) is 70.1 Å². The van der Waals surface area contributed by atoms with Gasteiger partial charge in [0.25, 0.3) is 17.8 Å². The highest BCUT2D eigenvalue weighted by atomic mass is 16.1. The fourth-order valence-electron chi connectivity index (χ4n) is 12.0. The number of para-hydroxylation sites is 6. The molecule has 0 unspecified atom stereocenters. The van der Waals surface area contributed by atoms with E-state index < -0.39 is 33.6 Å². The zero-order chi connectivity index (χ0) is 58.2. The van der Waals surface area contributed by atoms with Crippen LogP contribution in [0.15, 0.2) is 158 Å². The molecule has 1 aromatic heterocycles. The zero-order valence-corrected chi connectivity index (χ0v) is 49.3. The zero-order valence-electron chi connectivity index (χ0n) is 49.3. The molecule has 420 valence electrons. The smallest absolute Gasteiger partial charge is 0.256 e. The summed E-state index contributed by atoms with van der Waals surface area (Å²) in [4.78, 5) is 74.3. The summed E-state index contributed by atoms with van der Waals surface area (Å²) in [5, 5.41) is 4.81. The summed E-state index contributed by atoms with van der Waals surface area (Å²) in [5.41, 5.74) is 26.8. The van der Waals surface area contributed by atoms with Crippen molar-refractivity contribution in [2.75, 3.05) is 32.6 Å². The van der Waals surface area contributed by atoms with E-state index in [9.17, 15) is 0 Å². The molecule has 6 N–H and O–H groups in total. The van der Waals surface area contributed by atoms with E-state index in [-0.39, 0.29) is 51.2 Å². The van der Waals surface area contributed by atoms with Gasteiger partial charge in [0.1, 0.15) is 34.2 Å². The number of benzene rings is 3. The number of nitrogens with zero attached hydrogens (tertiary/aromatic N) is 9. The number of nitrogens with one attached hydrogen (secondary N) is 6. The number of carbonyl (C=O) groups is 3. The molecule has 0 amide bonds. The van der Waals surface area contributed by atoms with Crippen molar-refractivity contribution in [1.82, 2.24) is 30.3 Å². The van der Waals surface area contributed by atoms with Crippen LogP contribution < -0.4 is 32.6 Å². The van der Waals surface area contributed by atoms with E-state index in [1.54, 1.807) is 33.6 Å². The molecular weight excluding hydrogens is 1010 g/mol. The number of aromatic nitrogens is 3. The molecule has 0 saturated heterocycles. The lowest BCUT2D eigenvalue weighted by Gasteiger charge is -2.35. The Hall–Kier alpha value is -8.67. The van der Waals surface area contributed by atoms with Gasteiger partial charge in [0, 0.05) is 0 Å². The van der Waals surface area contributed by atoms with E-state index in [2.05, 4.69) is 136 Å². The molecule has 18 nitrogen and oxygen atoms in total. The number of allylic oxidation sites excluding steroid dienone is 12. The van der Waals surface area contributed by atoms with Gasteiger partial charge in [-0.05, 0) is 141 Å². The van der Waals surface area contributed by atoms with Crippen molar-refractivity contribution in [2.45, 2.75) is 123 Å². The fraction of sp³-hybridized carbons (Fsp3) is 0.381. The Morgan fingerprint density at radius 3 is 0.753 bits per heavy atom. The van der Waals surface area contributed by atoms with Crippen LogP contribution in [0.2, 0.25) is 0 Å². The Balaban J connectivity index is 1.14. The summed E-state index contributed by atoms with van der Waals surface area (Å²) >= 11 is 0. The van der Waals surface area contributed by atoms with Crippen molar-refractivity contribution in [3.63, 3.8) is 0 Å². The molecule has 3 aliphatic carbocycles. The van der Waals surface area contributed by atoms with Crippen molar-refractivity contribution in [1.29, 1.82) is 0 Å². The number of aliphatic imine (C=N–C) groups is 3. The first-order valence-electron chi connectivity index (χ1n) is 27.6. The van der Waals surface area contributed by atoms with Crippen molar-refractivity contribution in [3.8, 4) is 0 Å². The summed E-state index contributed by atoms with van der Waals surface area (Å²) in [7, 11) is 0. The highest BCUT2D eigenvalue weighted by Crippen LogP contribution is 2.46. The van der Waals surface area contributed by atoms with E-state index >= 15 is 14.4 Å². The van der Waals surface area contributed by atoms with Gasteiger partial charge in [-0.15, -0.1) is 0 Å². The summed E-state index contributed by atoms with van der Waals surface area (Å²) in [5.74, 6) is -1.91. The molecule has 4 heterocycles. The molecule has 6 aliphatic rings. The molecular formula is C63H75N15O3. The third-order valence-corrected chi connectivity index (χ3v) is 14.6. The van der Waals surface area contributed by atoms with E-state index in [4.69, 9.17) is 29.9 Å². The van der Waals surface area contributed by atoms with Gasteiger partial charge in [0.2, 0.25) is 17.3 Å². The average molecular weight is 1090 g/mol. The minimum absolute atomic E-state index is 0.0408. The van der Waals surface area contributed by atoms with E-state index in [1.807, 2.05) is 91.0 Å². The monoisotopic (exact) mass is 1090 g/mol. The largest absolute Gasteiger partial charge is 0.285 e. The van der Waals surface area contributed by atoms with Gasteiger partial charge >= 0.3 is 0 Å². The van der Waals surface area contributed by atoms with Crippen LogP contribution >= 0.6 is 0 Å². The van der Waals surface area contributed by atoms with Gasteiger partial charge in [0.15, 0.2) is 0 Å². The Morgan fingerprint density at radius 1 is 0.346 bits per heavy atom. The number of hydrazine groups is 6. The Morgan fingerprint density at radius 2 is 0.556 bits per heavy atom. The standard InChI is InChI=1S/C63H75N15O3/c1-58(2,3)34-61(10,11)37-28-46(52(79)49(31-37)76-70-40-22-16-17-23-41(40)71-76)64-55-67-56(65-47-29-38(62(12,13)35-59(4,5)6)32-50(53(47)80)77-72-42-24-18-19-25-43(42)73-77)69-57(68-55)66-48-30-39(63(14,15)36-60(7,8)9)33-51(54(48)81)78-74-44-26-20-21-27-45(44)75-78/h16-33,70-75H,34-36H2,1-15H3/b64-46+,65-47+,66-48+. The van der Waals surface area contributed by atoms with Gasteiger partial charge in [0.05, 0.1) is 34.1 Å². The third-order valence-electron chi connectivity index (χ3n) is 14.6. The highest BCUT2D eigenvalue weighted by molar-refractivity contribution is 6.52. The molecule has 0 bridgehead atoms. The molecule has 3 aliphatic heterocycles. The second-order valence-electron chi connectivity index (χ2n) is 27.3. The van der Waals surface area contributed by atoms with Gasteiger partial charge in [-0.1, -0.05) is 140 Å². The molecule has 18 heteroatoms. The van der Waals surface area contributed by atoms with Crippen LogP contribution in [0.5, 0.6) is 0 Å². The highest BCUT2D eigenvalue weighted by Gasteiger charge is 2.40. The minimum Gasteiger partial charge on any atom is -0.285 e. The van der Waals surface area contributed by atoms with Crippen LogP contribution in [0.3, 0.4) is 0 Å². The van der Waals surface area contributed by atoms with Crippen LogP contribution in [0.25, 0.3) is 0 Å². The normalized spacial score (nSPS) is 19.1. The second kappa shape index (κ2) is 20.1. The van der Waals surface area contributed by atoms with Gasteiger partial charge in [-0.25, -0.2) is 15.0 Å². The molecule has 0 radical (unpaired) electrons. The second-order valence-corrected chi connectivity index (χ2v) is 27.3. The van der Waals surface area contributed by atoms with Gasteiger partial charge < -0.3 is 0 Å². The molecule has 0 saturated carbocycles. The topological polar surface area (TPSA) is 209 Å². The Kier molecular flexibility index (Phi) is 13.8. The number of ketones is 3. The number of Topliss-reactive ketones (excluding diaryl/α,β-unsaturated/α-hetero) is 3. The Bertz CT molecular complexity index is 3130. The lowest BCUT2D eigenvalue weighted by atomic mass is 9.70. The maximum atomic E-state index is 15.0. The predicted molar refractivity (Wildman–Crippen MR) is 325 cm³/mol. The number of fused-ring (bicyclic) bond motifs is 3. The number of hydrogen-bond acceptors (Lipinski definition) is 18. The van der Waals surface area contributed by atoms with Crippen LogP contribution in [0.1, 0.15) is 123 Å². The average Bonchev–Trinajstić information content (AvgIpc) is 4.24. The SMILES string of the molecule is CC(C)(C)CC(C)(C)C1=C/C(=N\c2nc(/N=C3\C=C(C(C)(C)CC(C)(C)C)C=C(N4Nc5ccccc5N4)C3=O)nc(/N=C3\C=C(C(C)(C)CC(C)(C)C)C=C(N4Nc5ccccc5N4)C3=O)n2)C(=O)C(N2Nc3ccccc3N2)=C1. The van der Waals surface area contributed by atoms with Gasteiger partial charge in [-0.3, -0.25) is 46.9 Å². The van der Waals surface area contributed by atoms with Crippen LogP contribution in [-0.4, -0.2) is 64.8 Å². The molecule has 0 fully saturated rings. The third kappa shape index (κ3) is 12.1. The van der Waals surface area contributed by atoms with Crippen molar-refractivity contribution in [2.24, 2.45) is 47.5 Å². The summed E-state index contributed by atoms with van der Waals surface area (Å²) < 4.78 is 0. The molecule has 0 spiro atoms. The molecule has 3 aromatic carbocycles. The first-order chi connectivity index (χ1) is 37.9. The quantitative estimate of drug-likeness (QED) is 0.0729. The fourth-order valence-corrected chi connectivity index (χ4v) is 12.0. The van der Waals surface area contributed by atoms with Crippen molar-refractivity contribution >= 4 is 86.5 Å². The first-order valence-corrected chi connectivity index (χ1v) is 27.6. The van der Waals surface area contributed by atoms with Crippen LogP contribution in [0.4, 0.5) is 52.0 Å². The number of hydrogen-bond donors (Lipinski definition) is 6. The van der Waals surface area contributed by atoms with Crippen molar-refractivity contribution in [3.05, 3.63) is 143 Å². The maximum absolute atomic E-state index is 15.0. The maximum Gasteiger partial charge on any atom is 0.256 e. The van der Waals surface area contributed by atoms with Crippen LogP contribution in [-0.2, 0) is 14.4 Å². The van der Waals surface area contributed by atoms with Crippen molar-refractivity contribution < 1.29 is 14.4 Å². The van der Waals surface area contributed by atoms with E-state index in [0.29, 0.717) is 17.1 Å². The number of anilines is 6. The summed E-state index contributed by atoms with van der Waals surface area (Å²) in [6.45, 7) is 32.6. The van der Waals surface area contributed by atoms with Gasteiger partial charge in [-0.2, -0.15) is 30.3 Å². The molecule has 0 atom stereocenters. The van der Waals surface area contributed by atoms with Crippen LogP contribution in [0, 0.1) is 32.5 Å². The lowest BCUT2D eigenvalue weighted by molar-refractivity contribution is -0.111.